The highest BCUT2D eigenvalue weighted by molar-refractivity contribution is 5.48. The van der Waals surface area contributed by atoms with Crippen LogP contribution < -0.4 is 17.2 Å². The van der Waals surface area contributed by atoms with Crippen LogP contribution in [0.25, 0.3) is 5.88 Å². The zero-order valence-corrected chi connectivity index (χ0v) is 8.78. The van der Waals surface area contributed by atoms with E-state index in [1.807, 2.05) is 0 Å². The van der Waals surface area contributed by atoms with Gasteiger partial charge in [-0.15, -0.1) is 0 Å². The van der Waals surface area contributed by atoms with E-state index < -0.39 is 24.5 Å². The zero-order chi connectivity index (χ0) is 12.6. The molecule has 0 saturated carbocycles. The van der Waals surface area contributed by atoms with Crippen molar-refractivity contribution in [1.82, 2.24) is 9.55 Å². The summed E-state index contributed by atoms with van der Waals surface area (Å²) in [6, 6.07) is 1.39. The number of hydrogen-bond donors (Lipinski definition) is 4. The van der Waals surface area contributed by atoms with Gasteiger partial charge in [-0.1, -0.05) is 0 Å². The minimum Gasteiger partial charge on any atom is -0.468 e. The molecule has 1 aliphatic heterocycles. The van der Waals surface area contributed by atoms with Gasteiger partial charge in [0.05, 0.1) is 6.61 Å². The van der Waals surface area contributed by atoms with Gasteiger partial charge in [-0.2, -0.15) is 4.98 Å². The normalized spacial score (nSPS) is 23.9. The molecular formula is C9H12N4O4. The van der Waals surface area contributed by atoms with Crippen LogP contribution in [0, 0.1) is 0 Å². The Bertz CT molecular complexity index is 524. The fourth-order valence-corrected chi connectivity index (χ4v) is 1.51. The minimum absolute atomic E-state index is 0.0299. The van der Waals surface area contributed by atoms with Crippen LogP contribution in [0.2, 0.25) is 0 Å². The van der Waals surface area contributed by atoms with Crippen molar-refractivity contribution in [1.29, 1.82) is 0 Å². The van der Waals surface area contributed by atoms with Crippen molar-refractivity contribution < 1.29 is 14.9 Å². The average molecular weight is 240 g/mol. The number of hydrogen-bond acceptors (Lipinski definition) is 7. The lowest BCUT2D eigenvalue weighted by Gasteiger charge is -2.12. The van der Waals surface area contributed by atoms with Crippen LogP contribution in [0.5, 0.6) is 0 Å². The maximum atomic E-state index is 11.5. The van der Waals surface area contributed by atoms with Crippen LogP contribution in [0.3, 0.4) is 0 Å². The molecule has 6 N–H and O–H groups in total. The lowest BCUT2D eigenvalue weighted by Crippen LogP contribution is -2.29. The van der Waals surface area contributed by atoms with Gasteiger partial charge in [-0.3, -0.25) is 0 Å². The van der Waals surface area contributed by atoms with Gasteiger partial charge in [-0.05, 0) is 6.07 Å². The molecule has 0 radical (unpaired) electrons. The summed E-state index contributed by atoms with van der Waals surface area (Å²) in [4.78, 5) is 15.0. The van der Waals surface area contributed by atoms with Crippen molar-refractivity contribution in [2.75, 3.05) is 12.3 Å². The third-order valence-electron chi connectivity index (χ3n) is 2.40. The monoisotopic (exact) mass is 240 g/mol. The third kappa shape index (κ3) is 1.83. The van der Waals surface area contributed by atoms with E-state index in [0.717, 1.165) is 4.57 Å². The fourth-order valence-electron chi connectivity index (χ4n) is 1.51. The Hall–Kier alpha value is -2.06. The lowest BCUT2D eigenvalue weighted by molar-refractivity contribution is 0.0226. The minimum atomic E-state index is -1.15. The maximum absolute atomic E-state index is 11.5. The molecule has 8 nitrogen and oxygen atoms in total. The Morgan fingerprint density at radius 3 is 2.76 bits per heavy atom. The van der Waals surface area contributed by atoms with E-state index in [9.17, 15) is 9.90 Å². The van der Waals surface area contributed by atoms with Crippen LogP contribution in [-0.4, -0.2) is 38.6 Å². The number of anilines is 1. The van der Waals surface area contributed by atoms with Crippen LogP contribution in [-0.2, 0) is 4.74 Å². The van der Waals surface area contributed by atoms with Crippen molar-refractivity contribution in [3.05, 3.63) is 28.4 Å². The highest BCUT2D eigenvalue weighted by Crippen LogP contribution is 2.24. The molecule has 2 atom stereocenters. The smallest absolute Gasteiger partial charge is 0.356 e. The molecule has 0 spiro atoms. The van der Waals surface area contributed by atoms with E-state index in [1.165, 1.54) is 12.3 Å². The van der Waals surface area contributed by atoms with Gasteiger partial charge in [0, 0.05) is 6.20 Å². The van der Waals surface area contributed by atoms with Gasteiger partial charge in [-0.25, -0.2) is 9.36 Å². The van der Waals surface area contributed by atoms with Crippen LogP contribution >= 0.6 is 0 Å². The van der Waals surface area contributed by atoms with Crippen molar-refractivity contribution in [3.8, 4) is 0 Å². The molecule has 0 bridgehead atoms. The summed E-state index contributed by atoms with van der Waals surface area (Å²) in [5.41, 5.74) is 10.2. The number of aromatic nitrogens is 2. The maximum Gasteiger partial charge on any atom is 0.356 e. The Balaban J connectivity index is 2.44. The average Bonchev–Trinajstić information content (AvgIpc) is 2.57. The number of nitrogens with zero attached hydrogens (tertiary/aromatic N) is 2. The Morgan fingerprint density at radius 2 is 2.24 bits per heavy atom. The highest BCUT2D eigenvalue weighted by atomic mass is 16.5. The quantitative estimate of drug-likeness (QED) is 0.454. The van der Waals surface area contributed by atoms with Crippen molar-refractivity contribution in [3.63, 3.8) is 0 Å². The van der Waals surface area contributed by atoms with E-state index in [0.29, 0.717) is 0 Å². The summed E-state index contributed by atoms with van der Waals surface area (Å²) in [5, 5.41) is 18.5. The van der Waals surface area contributed by atoms with E-state index in [-0.39, 0.29) is 17.4 Å². The molecule has 1 aromatic heterocycles. The predicted molar refractivity (Wildman–Crippen MR) is 58.3 cm³/mol. The van der Waals surface area contributed by atoms with Gasteiger partial charge < -0.3 is 26.4 Å². The van der Waals surface area contributed by atoms with E-state index in [2.05, 4.69) is 4.98 Å². The molecular weight excluding hydrogens is 228 g/mol. The summed E-state index contributed by atoms with van der Waals surface area (Å²) in [6.45, 7) is -0.414. The molecule has 17 heavy (non-hydrogen) atoms. The summed E-state index contributed by atoms with van der Waals surface area (Å²) >= 11 is 0. The number of ether oxygens (including phenoxy) is 1. The molecule has 0 fully saturated rings. The molecule has 92 valence electrons. The highest BCUT2D eigenvalue weighted by Gasteiger charge is 2.34. The lowest BCUT2D eigenvalue weighted by atomic mass is 10.2. The van der Waals surface area contributed by atoms with Gasteiger partial charge in [0.1, 0.15) is 17.6 Å². The largest absolute Gasteiger partial charge is 0.468 e. The van der Waals surface area contributed by atoms with Gasteiger partial charge in [0.2, 0.25) is 5.88 Å². The second kappa shape index (κ2) is 4.07. The third-order valence-corrected chi connectivity index (χ3v) is 2.40. The molecule has 8 heteroatoms. The summed E-state index contributed by atoms with van der Waals surface area (Å²) in [7, 11) is 0. The van der Waals surface area contributed by atoms with Gasteiger partial charge in [0.15, 0.2) is 6.10 Å². The second-order valence-corrected chi connectivity index (χ2v) is 3.55. The number of nitrogens with two attached hydrogens (primary N) is 2. The van der Waals surface area contributed by atoms with Gasteiger partial charge in [0.25, 0.3) is 0 Å². The molecule has 1 aliphatic rings. The van der Waals surface area contributed by atoms with Crippen molar-refractivity contribution in [2.24, 2.45) is 5.73 Å². The van der Waals surface area contributed by atoms with E-state index in [1.54, 1.807) is 0 Å². The number of rotatable bonds is 2. The van der Waals surface area contributed by atoms with Crippen molar-refractivity contribution >= 4 is 11.7 Å². The molecule has 0 unspecified atom stereocenters. The topological polar surface area (TPSA) is 137 Å². The SMILES string of the molecule is NC1=C(n2ccc(N)nc2=O)O[C@H](CO)[C@H]1O. The Labute approximate surface area is 95.8 Å². The Kier molecular flexibility index (Phi) is 2.74. The zero-order valence-electron chi connectivity index (χ0n) is 8.78. The summed E-state index contributed by atoms with van der Waals surface area (Å²) < 4.78 is 6.20. The first-order chi connectivity index (χ1) is 8.04. The van der Waals surface area contributed by atoms with E-state index in [4.69, 9.17) is 21.3 Å². The first-order valence-electron chi connectivity index (χ1n) is 4.85. The summed E-state index contributed by atoms with van der Waals surface area (Å²) in [6.07, 6.45) is -0.701. The van der Waals surface area contributed by atoms with E-state index >= 15 is 0 Å². The summed E-state index contributed by atoms with van der Waals surface area (Å²) in [5.74, 6) is 0.0386. The molecule has 0 aliphatic carbocycles. The van der Waals surface area contributed by atoms with Crippen molar-refractivity contribution in [2.45, 2.75) is 12.2 Å². The first kappa shape index (κ1) is 11.4. The van der Waals surface area contributed by atoms with Crippen LogP contribution in [0.15, 0.2) is 22.8 Å². The molecule has 0 amide bonds. The second-order valence-electron chi connectivity index (χ2n) is 3.55. The number of aliphatic hydroxyl groups is 2. The van der Waals surface area contributed by atoms with Crippen LogP contribution in [0.4, 0.5) is 5.82 Å². The first-order valence-corrected chi connectivity index (χ1v) is 4.85. The fraction of sp³-hybridized carbons (Fsp3) is 0.333. The number of nitrogen functional groups attached to an aromatic ring is 1. The molecule has 2 rings (SSSR count). The standard InChI is InChI=1S/C9H12N4O4/c10-5-1-2-13(9(16)12-5)8-6(11)7(15)4(3-14)17-8/h1-2,4,7,14-15H,3,11H2,(H2,10,12,16)/t4-,7-/m1/s1. The molecule has 1 aromatic rings. The molecule has 2 heterocycles. The number of aliphatic hydroxyl groups excluding tert-OH is 2. The molecule has 0 aromatic carbocycles. The Morgan fingerprint density at radius 1 is 1.53 bits per heavy atom. The molecule has 0 saturated heterocycles. The predicted octanol–water partition coefficient (Wildman–Crippen LogP) is -2.34. The van der Waals surface area contributed by atoms with Gasteiger partial charge >= 0.3 is 5.69 Å². The van der Waals surface area contributed by atoms with Crippen LogP contribution in [0.1, 0.15) is 0 Å².